The number of carbonyl (C=O) groups is 3. The predicted molar refractivity (Wildman–Crippen MR) is 206 cm³/mol. The molecule has 4 aromatic rings. The van der Waals surface area contributed by atoms with E-state index in [1.165, 1.54) is 11.3 Å². The molecule has 2 aromatic heterocycles. The van der Waals surface area contributed by atoms with Crippen LogP contribution in [0.3, 0.4) is 0 Å². The number of amides is 4. The van der Waals surface area contributed by atoms with Gasteiger partial charge in [-0.2, -0.15) is 0 Å². The quantitative estimate of drug-likeness (QED) is 0.144. The van der Waals surface area contributed by atoms with Crippen LogP contribution in [-0.2, 0) is 35.5 Å². The second-order valence-electron chi connectivity index (χ2n) is 13.7. The lowest BCUT2D eigenvalue weighted by Gasteiger charge is -2.30. The molecular weight excluding hydrogens is 695 g/mol. The maximum Gasteiger partial charge on any atom is 0.411 e. The molecule has 1 aliphatic rings. The molecule has 3 atom stereocenters. The Balaban J connectivity index is 1.33. The van der Waals surface area contributed by atoms with E-state index in [1.54, 1.807) is 39.9 Å². The molecular formula is C39H49N7O4S2. The van der Waals surface area contributed by atoms with Crippen molar-refractivity contribution < 1.29 is 19.1 Å². The highest BCUT2D eigenvalue weighted by molar-refractivity contribution is 7.09. The number of benzene rings is 2. The number of rotatable bonds is 15. The van der Waals surface area contributed by atoms with Crippen LogP contribution in [0, 0.1) is 0 Å². The third-order valence-electron chi connectivity index (χ3n) is 9.00. The molecule has 0 bridgehead atoms. The summed E-state index contributed by atoms with van der Waals surface area (Å²) in [5.41, 5.74) is 5.30. The van der Waals surface area contributed by atoms with E-state index in [0.29, 0.717) is 50.4 Å². The van der Waals surface area contributed by atoms with Crippen molar-refractivity contribution in [2.45, 2.75) is 76.7 Å². The molecule has 11 nitrogen and oxygen atoms in total. The third kappa shape index (κ3) is 11.2. The zero-order valence-electron chi connectivity index (χ0n) is 30.5. The zero-order valence-corrected chi connectivity index (χ0v) is 32.2. The summed E-state index contributed by atoms with van der Waals surface area (Å²) in [4.78, 5) is 56.1. The van der Waals surface area contributed by atoms with Crippen molar-refractivity contribution in [3.05, 3.63) is 116 Å². The van der Waals surface area contributed by atoms with Gasteiger partial charge in [0.2, 0.25) is 5.91 Å². The molecule has 276 valence electrons. The van der Waals surface area contributed by atoms with Crippen molar-refractivity contribution in [1.29, 1.82) is 0 Å². The largest absolute Gasteiger partial charge is 0.444 e. The summed E-state index contributed by atoms with van der Waals surface area (Å²) in [6.45, 7) is 5.15. The highest BCUT2D eigenvalue weighted by atomic mass is 32.1. The number of nitrogens with one attached hydrogen (secondary N) is 2. The van der Waals surface area contributed by atoms with Crippen molar-refractivity contribution in [3.63, 3.8) is 0 Å². The van der Waals surface area contributed by atoms with E-state index in [0.717, 1.165) is 26.7 Å². The Bertz CT molecular complexity index is 1760. The number of ether oxygens (including phenoxy) is 1. The van der Waals surface area contributed by atoms with Crippen LogP contribution in [0.2, 0.25) is 0 Å². The molecule has 0 unspecified atom stereocenters. The normalized spacial score (nSPS) is 16.6. The topological polar surface area (TPSA) is 120 Å². The number of hydrogen-bond donors (Lipinski definition) is 2. The van der Waals surface area contributed by atoms with E-state index in [2.05, 4.69) is 34.4 Å². The first-order valence-corrected chi connectivity index (χ1v) is 19.3. The van der Waals surface area contributed by atoms with Crippen molar-refractivity contribution >= 4 is 40.7 Å². The Morgan fingerprint density at radius 1 is 1.02 bits per heavy atom. The van der Waals surface area contributed by atoms with Crippen LogP contribution < -0.4 is 10.6 Å². The Morgan fingerprint density at radius 2 is 1.73 bits per heavy atom. The van der Waals surface area contributed by atoms with Crippen LogP contribution >= 0.6 is 22.7 Å². The van der Waals surface area contributed by atoms with Gasteiger partial charge in [-0.15, -0.1) is 22.7 Å². The van der Waals surface area contributed by atoms with Crippen LogP contribution in [0.15, 0.2) is 89.5 Å². The molecule has 2 N–H and O–H groups in total. The molecule has 1 aliphatic heterocycles. The van der Waals surface area contributed by atoms with E-state index in [1.807, 2.05) is 86.2 Å². The second-order valence-corrected chi connectivity index (χ2v) is 15.5. The molecule has 13 heteroatoms. The van der Waals surface area contributed by atoms with Crippen LogP contribution in [0.1, 0.15) is 59.3 Å². The third-order valence-corrected chi connectivity index (χ3v) is 10.9. The predicted octanol–water partition coefficient (Wildman–Crippen LogP) is 6.45. The van der Waals surface area contributed by atoms with E-state index in [4.69, 9.17) is 9.72 Å². The van der Waals surface area contributed by atoms with Crippen molar-refractivity contribution in [2.24, 2.45) is 0 Å². The van der Waals surface area contributed by atoms with Crippen LogP contribution in [0.4, 0.5) is 9.59 Å². The lowest BCUT2D eigenvalue weighted by Crippen LogP contribution is -2.52. The average molecular weight is 744 g/mol. The van der Waals surface area contributed by atoms with Gasteiger partial charge in [0.15, 0.2) is 0 Å². The van der Waals surface area contributed by atoms with Gasteiger partial charge in [0.1, 0.15) is 12.6 Å². The Hall–Kier alpha value is -4.59. The number of aromatic nitrogens is 2. The van der Waals surface area contributed by atoms with E-state index < -0.39 is 12.1 Å². The van der Waals surface area contributed by atoms with Crippen molar-refractivity contribution in [2.75, 3.05) is 27.7 Å². The van der Waals surface area contributed by atoms with Crippen LogP contribution in [0.25, 0.3) is 0 Å². The van der Waals surface area contributed by atoms with Gasteiger partial charge < -0.3 is 24.8 Å². The smallest absolute Gasteiger partial charge is 0.411 e. The number of nitrogens with zero attached hydrogens (tertiary/aromatic N) is 5. The minimum Gasteiger partial charge on any atom is -0.444 e. The van der Waals surface area contributed by atoms with E-state index in [9.17, 15) is 14.4 Å². The van der Waals surface area contributed by atoms with E-state index >= 15 is 0 Å². The van der Waals surface area contributed by atoms with Gasteiger partial charge in [-0.1, -0.05) is 80.6 Å². The number of carbonyl (C=O) groups excluding carboxylic acids is 3. The molecule has 5 rings (SSSR count). The maximum absolute atomic E-state index is 14.2. The van der Waals surface area contributed by atoms with Gasteiger partial charge in [0, 0.05) is 55.3 Å². The molecule has 0 radical (unpaired) electrons. The highest BCUT2D eigenvalue weighted by Gasteiger charge is 2.42. The first-order chi connectivity index (χ1) is 25.0. The lowest BCUT2D eigenvalue weighted by molar-refractivity contribution is -0.125. The fourth-order valence-corrected chi connectivity index (χ4v) is 7.44. The number of hydrogen-bond acceptors (Lipinski definition) is 9. The maximum atomic E-state index is 14.2. The van der Waals surface area contributed by atoms with Gasteiger partial charge >= 0.3 is 12.1 Å². The number of alkyl carbamates (subject to hydrolysis) is 1. The minimum atomic E-state index is -0.644. The van der Waals surface area contributed by atoms with Gasteiger partial charge in [-0.05, 0) is 44.5 Å². The lowest BCUT2D eigenvalue weighted by atomic mass is 10.0. The number of likely N-dealkylation sites (N-methyl/N-ethyl adjacent to an activating group) is 1. The SMILES string of the molecule is CC(C)c1nc(CN(C)C(=O)N2C[C@@H](N(C)C)C[C@H]2C(=O)N[C@H](C/C=C(\Cc2ccccc2)NC(=O)OCc2cncs2)Cc2ccccc2)cs1. The molecule has 3 heterocycles. The molecule has 1 fully saturated rings. The van der Waals surface area contributed by atoms with Gasteiger partial charge in [0.25, 0.3) is 0 Å². The summed E-state index contributed by atoms with van der Waals surface area (Å²) in [6.07, 6.45) is 5.08. The van der Waals surface area contributed by atoms with Crippen molar-refractivity contribution in [3.8, 4) is 0 Å². The average Bonchev–Trinajstić information content (AvgIpc) is 3.92. The van der Waals surface area contributed by atoms with Crippen LogP contribution in [-0.4, -0.2) is 88.5 Å². The monoisotopic (exact) mass is 743 g/mol. The van der Waals surface area contributed by atoms with Gasteiger partial charge in [-0.25, -0.2) is 14.6 Å². The fourth-order valence-electron chi connectivity index (χ4n) is 6.11. The summed E-state index contributed by atoms with van der Waals surface area (Å²) < 4.78 is 5.48. The standard InChI is InChI=1S/C39H49N7O4S2/c1-27(2)37-42-32(25-51-37)22-45(5)39(49)46-23-33(44(3)4)20-35(46)36(47)41-30(18-28-12-8-6-9-13-28)16-17-31(19-29-14-10-7-11-15-29)43-38(48)50-24-34-21-40-26-52-34/h6-15,17,21,25-27,30,33,35H,16,18-20,22-24H2,1-5H3,(H,41,47)(H,43,48)/b31-17+/t30-,33+,35+/m1/s1. The minimum absolute atomic E-state index is 0.0324. The Kier molecular flexibility index (Phi) is 13.9. The highest BCUT2D eigenvalue weighted by Crippen LogP contribution is 2.25. The van der Waals surface area contributed by atoms with Crippen LogP contribution in [0.5, 0.6) is 0 Å². The number of urea groups is 1. The Morgan fingerprint density at radius 3 is 2.37 bits per heavy atom. The molecule has 0 saturated carbocycles. The number of thiazole rings is 2. The summed E-state index contributed by atoms with van der Waals surface area (Å²) in [5, 5.41) is 9.27. The molecule has 4 amide bonds. The number of likely N-dealkylation sites (tertiary alicyclic amines) is 1. The summed E-state index contributed by atoms with van der Waals surface area (Å²) in [6, 6.07) is 18.7. The second kappa shape index (κ2) is 18.8. The first-order valence-electron chi connectivity index (χ1n) is 17.6. The summed E-state index contributed by atoms with van der Waals surface area (Å²) >= 11 is 3.02. The Labute approximate surface area is 314 Å². The van der Waals surface area contributed by atoms with Gasteiger partial charge in [-0.3, -0.25) is 15.1 Å². The first kappa shape index (κ1) is 38.6. The van der Waals surface area contributed by atoms with Gasteiger partial charge in [0.05, 0.1) is 27.6 Å². The molecule has 0 spiro atoms. The number of allylic oxidation sites excluding steroid dienone is 1. The van der Waals surface area contributed by atoms with E-state index in [-0.39, 0.29) is 30.6 Å². The molecule has 52 heavy (non-hydrogen) atoms. The molecule has 2 aromatic carbocycles. The summed E-state index contributed by atoms with van der Waals surface area (Å²) in [7, 11) is 5.72. The summed E-state index contributed by atoms with van der Waals surface area (Å²) in [5.74, 6) is 0.122. The molecule has 0 aliphatic carbocycles. The zero-order chi connectivity index (χ0) is 37.0. The van der Waals surface area contributed by atoms with Crippen molar-refractivity contribution in [1.82, 2.24) is 35.3 Å². The molecule has 1 saturated heterocycles. The fraction of sp³-hybridized carbons (Fsp3) is 0.410.